The lowest BCUT2D eigenvalue weighted by atomic mass is 10.1. The van der Waals surface area contributed by atoms with Gasteiger partial charge in [-0.3, -0.25) is 0 Å². The molecular formula is C16H13N. The van der Waals surface area contributed by atoms with Gasteiger partial charge in [0, 0.05) is 16.8 Å². The fourth-order valence-corrected chi connectivity index (χ4v) is 2.01. The number of rotatable bonds is 2. The van der Waals surface area contributed by atoms with Crippen LogP contribution in [0, 0.1) is 0 Å². The molecule has 82 valence electrons. The van der Waals surface area contributed by atoms with Crippen molar-refractivity contribution in [3.05, 3.63) is 72.8 Å². The Balaban J connectivity index is 2.06. The predicted octanol–water partition coefficient (Wildman–Crippen LogP) is 4.58. The Hall–Kier alpha value is -2.28. The van der Waals surface area contributed by atoms with Gasteiger partial charge in [0.15, 0.2) is 0 Å². The third-order valence-electron chi connectivity index (χ3n) is 2.84. The molecule has 0 aliphatic heterocycles. The van der Waals surface area contributed by atoms with Crippen LogP contribution >= 0.6 is 0 Å². The fraction of sp³-hybridized carbons (Fsp3) is 0. The maximum atomic E-state index is 3.45. The van der Waals surface area contributed by atoms with Crippen LogP contribution in [0.3, 0.4) is 0 Å². The normalized spacial score (nSPS) is 10.4. The van der Waals surface area contributed by atoms with Crippen LogP contribution in [-0.4, -0.2) is 0 Å². The third kappa shape index (κ3) is 2.00. The summed E-state index contributed by atoms with van der Waals surface area (Å²) < 4.78 is 0. The molecule has 0 heterocycles. The largest absolute Gasteiger partial charge is 0.355 e. The molecule has 0 fully saturated rings. The van der Waals surface area contributed by atoms with E-state index in [2.05, 4.69) is 59.9 Å². The molecule has 17 heavy (non-hydrogen) atoms. The summed E-state index contributed by atoms with van der Waals surface area (Å²) >= 11 is 0. The van der Waals surface area contributed by atoms with Crippen molar-refractivity contribution in [1.82, 2.24) is 0 Å². The maximum absolute atomic E-state index is 3.45. The van der Waals surface area contributed by atoms with Crippen LogP contribution < -0.4 is 5.32 Å². The minimum absolute atomic E-state index is 1.11. The van der Waals surface area contributed by atoms with E-state index in [1.165, 1.54) is 10.8 Å². The number of hydrogen-bond donors (Lipinski definition) is 1. The van der Waals surface area contributed by atoms with Crippen molar-refractivity contribution in [1.29, 1.82) is 0 Å². The highest BCUT2D eigenvalue weighted by Gasteiger charge is 1.99. The first-order valence-corrected chi connectivity index (χ1v) is 5.73. The van der Waals surface area contributed by atoms with Crippen molar-refractivity contribution in [2.24, 2.45) is 0 Å². The topological polar surface area (TPSA) is 12.0 Å². The Labute approximate surface area is 101 Å². The fourth-order valence-electron chi connectivity index (χ4n) is 2.01. The number of benzene rings is 3. The highest BCUT2D eigenvalue weighted by Crippen LogP contribution is 2.25. The molecule has 0 aliphatic rings. The third-order valence-corrected chi connectivity index (χ3v) is 2.84. The van der Waals surface area contributed by atoms with Crippen molar-refractivity contribution < 1.29 is 0 Å². The molecule has 3 aromatic carbocycles. The van der Waals surface area contributed by atoms with Crippen LogP contribution in [0.1, 0.15) is 0 Å². The smallest absolute Gasteiger partial charge is 0.0463 e. The van der Waals surface area contributed by atoms with E-state index in [1.54, 1.807) is 0 Å². The second kappa shape index (κ2) is 4.30. The predicted molar refractivity (Wildman–Crippen MR) is 73.7 cm³/mol. The summed E-state index contributed by atoms with van der Waals surface area (Å²) in [5, 5.41) is 5.95. The van der Waals surface area contributed by atoms with Gasteiger partial charge in [0.05, 0.1) is 0 Å². The maximum Gasteiger partial charge on any atom is 0.0463 e. The van der Waals surface area contributed by atoms with Gasteiger partial charge >= 0.3 is 0 Å². The van der Waals surface area contributed by atoms with Gasteiger partial charge in [0.1, 0.15) is 0 Å². The number of nitrogens with one attached hydrogen (secondary N) is 1. The van der Waals surface area contributed by atoms with Gasteiger partial charge < -0.3 is 5.32 Å². The molecule has 0 atom stereocenters. The number of hydrogen-bond acceptors (Lipinski definition) is 1. The van der Waals surface area contributed by atoms with E-state index in [4.69, 9.17) is 0 Å². The highest BCUT2D eigenvalue weighted by molar-refractivity contribution is 5.95. The second-order valence-electron chi connectivity index (χ2n) is 4.02. The Bertz CT molecular complexity index is 624. The first-order chi connectivity index (χ1) is 8.43. The highest BCUT2D eigenvalue weighted by atomic mass is 15.1. The average molecular weight is 225 g/mol. The zero-order valence-electron chi connectivity index (χ0n) is 9.43. The number of fused-ring (bicyclic) bond motifs is 1. The Morgan fingerprint density at radius 3 is 2.18 bits per heavy atom. The minimum atomic E-state index is 1.11. The summed E-state index contributed by atoms with van der Waals surface area (Å²) in [6.07, 6.45) is 0. The van der Waals surface area contributed by atoms with E-state index in [0.29, 0.717) is 0 Å². The molecule has 1 nitrogen and oxygen atoms in total. The van der Waals surface area contributed by atoms with Crippen molar-refractivity contribution in [2.75, 3.05) is 5.32 Å². The molecule has 0 amide bonds. The zero-order valence-corrected chi connectivity index (χ0v) is 9.43. The van der Waals surface area contributed by atoms with E-state index in [1.807, 2.05) is 18.2 Å². The van der Waals surface area contributed by atoms with E-state index < -0.39 is 0 Å². The van der Waals surface area contributed by atoms with Gasteiger partial charge in [-0.05, 0) is 23.6 Å². The molecule has 0 radical (unpaired) electrons. The average Bonchev–Trinajstić information content (AvgIpc) is 2.40. The van der Waals surface area contributed by atoms with Crippen LogP contribution in [0.15, 0.2) is 72.8 Å². The standard InChI is InChI=1S/C16H13N/c1-2-9-14(10-3-1)17-16-12-6-8-13-7-4-5-11-15(13)16/h1-12,17H/i1+1,2+1,3+1,9+1,10+1,14+1. The molecule has 3 rings (SSSR count). The summed E-state index contributed by atoms with van der Waals surface area (Å²) in [5.74, 6) is 0. The van der Waals surface area contributed by atoms with Crippen LogP contribution in [-0.2, 0) is 0 Å². The molecule has 0 aliphatic carbocycles. The lowest BCUT2D eigenvalue weighted by molar-refractivity contribution is 1.58. The minimum Gasteiger partial charge on any atom is -0.355 e. The van der Waals surface area contributed by atoms with Gasteiger partial charge in [0.25, 0.3) is 0 Å². The molecule has 0 bridgehead atoms. The van der Waals surface area contributed by atoms with E-state index >= 15 is 0 Å². The monoisotopic (exact) mass is 225 g/mol. The van der Waals surface area contributed by atoms with Crippen molar-refractivity contribution >= 4 is 22.1 Å². The first-order valence-electron chi connectivity index (χ1n) is 5.73. The van der Waals surface area contributed by atoms with E-state index in [-0.39, 0.29) is 0 Å². The van der Waals surface area contributed by atoms with Gasteiger partial charge in [-0.25, -0.2) is 0 Å². The number of para-hydroxylation sites is 1. The summed E-state index contributed by atoms with van der Waals surface area (Å²) in [6, 6.07) is 25.0. The second-order valence-corrected chi connectivity index (χ2v) is 4.02. The van der Waals surface area contributed by atoms with Crippen molar-refractivity contribution in [2.45, 2.75) is 0 Å². The number of anilines is 2. The lowest BCUT2D eigenvalue weighted by Gasteiger charge is -2.09. The Kier molecular flexibility index (Phi) is 2.51. The van der Waals surface area contributed by atoms with Crippen LogP contribution in [0.5, 0.6) is 0 Å². The van der Waals surface area contributed by atoms with Gasteiger partial charge in [-0.2, -0.15) is 0 Å². The molecule has 1 N–H and O–H groups in total. The molecular weight excluding hydrogens is 212 g/mol. The summed E-state index contributed by atoms with van der Waals surface area (Å²) in [6.45, 7) is 0. The molecule has 3 aromatic rings. The van der Waals surface area contributed by atoms with Crippen molar-refractivity contribution in [3.8, 4) is 0 Å². The van der Waals surface area contributed by atoms with Gasteiger partial charge in [-0.15, -0.1) is 0 Å². The van der Waals surface area contributed by atoms with E-state index in [0.717, 1.165) is 11.4 Å². The van der Waals surface area contributed by atoms with Crippen LogP contribution in [0.2, 0.25) is 0 Å². The Morgan fingerprint density at radius 2 is 1.29 bits per heavy atom. The zero-order chi connectivity index (χ0) is 11.5. The van der Waals surface area contributed by atoms with Crippen LogP contribution in [0.25, 0.3) is 10.8 Å². The lowest BCUT2D eigenvalue weighted by Crippen LogP contribution is -1.90. The van der Waals surface area contributed by atoms with Gasteiger partial charge in [-0.1, -0.05) is 54.6 Å². The molecule has 0 aromatic heterocycles. The summed E-state index contributed by atoms with van der Waals surface area (Å²) in [4.78, 5) is 0. The molecule has 0 spiro atoms. The molecule has 1 heteroatoms. The quantitative estimate of drug-likeness (QED) is 0.673. The van der Waals surface area contributed by atoms with E-state index in [9.17, 15) is 0 Å². The molecule has 0 unspecified atom stereocenters. The molecule has 0 saturated carbocycles. The summed E-state index contributed by atoms with van der Waals surface area (Å²) in [5.41, 5.74) is 2.26. The van der Waals surface area contributed by atoms with Crippen LogP contribution in [0.4, 0.5) is 11.4 Å². The van der Waals surface area contributed by atoms with Crippen molar-refractivity contribution in [3.63, 3.8) is 0 Å². The van der Waals surface area contributed by atoms with Gasteiger partial charge in [0.2, 0.25) is 0 Å². The summed E-state index contributed by atoms with van der Waals surface area (Å²) in [7, 11) is 0. The molecule has 0 saturated heterocycles. The Morgan fingerprint density at radius 1 is 0.588 bits per heavy atom. The SMILES string of the molecule is c1ccc2c(N[13c]3[13cH][13cH][13cH][13cH][13cH]3)cccc2c1. The first kappa shape index (κ1) is 9.91.